The van der Waals surface area contributed by atoms with Gasteiger partial charge in [0.1, 0.15) is 0 Å². The molecule has 0 saturated carbocycles. The number of aromatic hydroxyl groups is 1. The summed E-state index contributed by atoms with van der Waals surface area (Å²) in [6, 6.07) is 3.96. The third kappa shape index (κ3) is 3.10. The zero-order valence-electron chi connectivity index (χ0n) is 11.5. The SMILES string of the molecule is COCCN1C(=O)S/C(=C/c2cccc([N+](=O)[O-])c2O)C1=O. The molecule has 1 fully saturated rings. The molecule has 116 valence electrons. The summed E-state index contributed by atoms with van der Waals surface area (Å²) >= 11 is 0.712. The van der Waals surface area contributed by atoms with Crippen LogP contribution in [0, 0.1) is 10.1 Å². The Kier molecular flexibility index (Phi) is 4.78. The predicted molar refractivity (Wildman–Crippen MR) is 79.3 cm³/mol. The van der Waals surface area contributed by atoms with Crippen molar-refractivity contribution in [2.75, 3.05) is 20.3 Å². The van der Waals surface area contributed by atoms with E-state index >= 15 is 0 Å². The number of hydrogen-bond acceptors (Lipinski definition) is 7. The van der Waals surface area contributed by atoms with Crippen LogP contribution in [0.15, 0.2) is 23.1 Å². The van der Waals surface area contributed by atoms with Gasteiger partial charge in [0, 0.05) is 18.7 Å². The van der Waals surface area contributed by atoms with Gasteiger partial charge in [-0.3, -0.25) is 24.6 Å². The van der Waals surface area contributed by atoms with Gasteiger partial charge in [0.15, 0.2) is 0 Å². The Bertz CT molecular complexity index is 672. The molecule has 0 spiro atoms. The third-order valence-electron chi connectivity index (χ3n) is 2.92. The second-order valence-electron chi connectivity index (χ2n) is 4.30. The van der Waals surface area contributed by atoms with Gasteiger partial charge in [-0.15, -0.1) is 0 Å². The number of benzene rings is 1. The van der Waals surface area contributed by atoms with E-state index in [-0.39, 0.29) is 23.6 Å². The highest BCUT2D eigenvalue weighted by Gasteiger charge is 2.35. The monoisotopic (exact) mass is 324 g/mol. The summed E-state index contributed by atoms with van der Waals surface area (Å²) in [6.07, 6.45) is 1.26. The first-order valence-electron chi connectivity index (χ1n) is 6.16. The first kappa shape index (κ1) is 16.0. The van der Waals surface area contributed by atoms with E-state index in [1.807, 2.05) is 0 Å². The lowest BCUT2D eigenvalue weighted by molar-refractivity contribution is -0.385. The average Bonchev–Trinajstić information content (AvgIpc) is 2.73. The van der Waals surface area contributed by atoms with E-state index in [0.717, 1.165) is 11.0 Å². The number of amides is 2. The number of carbonyl (C=O) groups excluding carboxylic acids is 2. The normalized spacial score (nSPS) is 16.6. The molecule has 1 saturated heterocycles. The fourth-order valence-corrected chi connectivity index (χ4v) is 2.68. The molecule has 0 aromatic heterocycles. The smallest absolute Gasteiger partial charge is 0.311 e. The molecule has 0 atom stereocenters. The minimum atomic E-state index is -0.725. The lowest BCUT2D eigenvalue weighted by Crippen LogP contribution is -2.31. The number of nitrogens with zero attached hydrogens (tertiary/aromatic N) is 2. The molecule has 1 aromatic carbocycles. The Labute approximate surface area is 129 Å². The first-order chi connectivity index (χ1) is 10.5. The molecule has 0 radical (unpaired) electrons. The fourth-order valence-electron chi connectivity index (χ4n) is 1.83. The minimum Gasteiger partial charge on any atom is -0.502 e. The first-order valence-corrected chi connectivity index (χ1v) is 6.98. The van der Waals surface area contributed by atoms with Crippen LogP contribution in [0.2, 0.25) is 0 Å². The van der Waals surface area contributed by atoms with Crippen molar-refractivity contribution in [1.29, 1.82) is 0 Å². The Balaban J connectivity index is 2.31. The van der Waals surface area contributed by atoms with Crippen LogP contribution in [0.3, 0.4) is 0 Å². The van der Waals surface area contributed by atoms with Crippen molar-refractivity contribution in [3.8, 4) is 5.75 Å². The number of phenolic OH excluding ortho intramolecular Hbond substituents is 1. The summed E-state index contributed by atoms with van der Waals surface area (Å²) in [7, 11) is 1.45. The molecular formula is C13H12N2O6S. The molecule has 1 aliphatic rings. The zero-order chi connectivity index (χ0) is 16.3. The van der Waals surface area contributed by atoms with Crippen LogP contribution in [0.25, 0.3) is 6.08 Å². The van der Waals surface area contributed by atoms with Crippen molar-refractivity contribution in [2.45, 2.75) is 0 Å². The number of imide groups is 1. The maximum absolute atomic E-state index is 12.1. The van der Waals surface area contributed by atoms with E-state index in [1.165, 1.54) is 25.3 Å². The van der Waals surface area contributed by atoms with E-state index in [0.29, 0.717) is 11.8 Å². The second-order valence-corrected chi connectivity index (χ2v) is 5.29. The molecule has 1 N–H and O–H groups in total. The highest BCUT2D eigenvalue weighted by molar-refractivity contribution is 8.18. The van der Waals surface area contributed by atoms with Crippen LogP contribution in [-0.4, -0.2) is 46.3 Å². The van der Waals surface area contributed by atoms with E-state index in [2.05, 4.69) is 0 Å². The fraction of sp³-hybridized carbons (Fsp3) is 0.231. The van der Waals surface area contributed by atoms with Gasteiger partial charge in [-0.2, -0.15) is 0 Å². The summed E-state index contributed by atoms with van der Waals surface area (Å²) in [5, 5.41) is 20.2. The van der Waals surface area contributed by atoms with Crippen LogP contribution in [0.4, 0.5) is 10.5 Å². The molecule has 2 amide bonds. The maximum atomic E-state index is 12.1. The summed E-state index contributed by atoms with van der Waals surface area (Å²) in [4.78, 5) is 35.0. The maximum Gasteiger partial charge on any atom is 0.311 e. The summed E-state index contributed by atoms with van der Waals surface area (Å²) in [5.41, 5.74) is -0.362. The number of carbonyl (C=O) groups is 2. The van der Waals surface area contributed by atoms with Crippen LogP contribution < -0.4 is 0 Å². The van der Waals surface area contributed by atoms with Crippen molar-refractivity contribution in [2.24, 2.45) is 0 Å². The average molecular weight is 324 g/mol. The number of methoxy groups -OCH3 is 1. The number of hydrogen-bond donors (Lipinski definition) is 1. The quantitative estimate of drug-likeness (QED) is 0.501. The molecule has 8 nitrogen and oxygen atoms in total. The number of para-hydroxylation sites is 1. The molecule has 1 aromatic rings. The lowest BCUT2D eigenvalue weighted by atomic mass is 10.1. The molecule has 2 rings (SSSR count). The van der Waals surface area contributed by atoms with Crippen molar-refractivity contribution < 1.29 is 24.4 Å². The van der Waals surface area contributed by atoms with Gasteiger partial charge in [-0.05, 0) is 17.8 Å². The van der Waals surface area contributed by atoms with Gasteiger partial charge in [0.05, 0.1) is 23.0 Å². The van der Waals surface area contributed by atoms with Gasteiger partial charge in [0.2, 0.25) is 5.75 Å². The number of nitro benzene ring substituents is 1. The molecule has 1 heterocycles. The highest BCUT2D eigenvalue weighted by atomic mass is 32.2. The molecule has 1 aliphatic heterocycles. The number of thioether (sulfide) groups is 1. The van der Waals surface area contributed by atoms with Gasteiger partial charge in [0.25, 0.3) is 11.1 Å². The van der Waals surface area contributed by atoms with Crippen LogP contribution in [0.1, 0.15) is 5.56 Å². The number of phenols is 1. The van der Waals surface area contributed by atoms with Crippen molar-refractivity contribution in [3.05, 3.63) is 38.8 Å². The van der Waals surface area contributed by atoms with Gasteiger partial charge < -0.3 is 9.84 Å². The summed E-state index contributed by atoms with van der Waals surface area (Å²) < 4.78 is 4.83. The molecule has 22 heavy (non-hydrogen) atoms. The van der Waals surface area contributed by atoms with Crippen molar-refractivity contribution in [1.82, 2.24) is 4.90 Å². The standard InChI is InChI=1S/C13H12N2O6S/c1-21-6-5-14-12(17)10(22-13(14)18)7-8-3-2-4-9(11(8)16)15(19)20/h2-4,7,16H,5-6H2,1H3/b10-7+. The zero-order valence-corrected chi connectivity index (χ0v) is 12.3. The van der Waals surface area contributed by atoms with Gasteiger partial charge >= 0.3 is 5.69 Å². The number of rotatable bonds is 5. The Morgan fingerprint density at radius 1 is 1.45 bits per heavy atom. The predicted octanol–water partition coefficient (Wildman–Crippen LogP) is 1.98. The van der Waals surface area contributed by atoms with E-state index in [4.69, 9.17) is 4.74 Å². The summed E-state index contributed by atoms with van der Waals surface area (Å²) in [6.45, 7) is 0.340. The third-order valence-corrected chi connectivity index (χ3v) is 3.83. The number of ether oxygens (including phenoxy) is 1. The summed E-state index contributed by atoms with van der Waals surface area (Å²) in [5.74, 6) is -1.06. The minimum absolute atomic E-state index is 0.0944. The van der Waals surface area contributed by atoms with E-state index in [1.54, 1.807) is 0 Å². The van der Waals surface area contributed by atoms with E-state index < -0.39 is 27.5 Å². The van der Waals surface area contributed by atoms with Gasteiger partial charge in [-0.25, -0.2) is 0 Å². The lowest BCUT2D eigenvalue weighted by Gasteiger charge is -2.10. The Hall–Kier alpha value is -2.39. The highest BCUT2D eigenvalue weighted by Crippen LogP contribution is 2.36. The van der Waals surface area contributed by atoms with Crippen LogP contribution in [0.5, 0.6) is 5.75 Å². The Morgan fingerprint density at radius 3 is 2.82 bits per heavy atom. The molecule has 9 heteroatoms. The molecule has 0 unspecified atom stereocenters. The topological polar surface area (TPSA) is 110 Å². The van der Waals surface area contributed by atoms with E-state index in [9.17, 15) is 24.8 Å². The van der Waals surface area contributed by atoms with Gasteiger partial charge in [-0.1, -0.05) is 12.1 Å². The van der Waals surface area contributed by atoms with Crippen molar-refractivity contribution in [3.63, 3.8) is 0 Å². The number of nitro groups is 1. The largest absolute Gasteiger partial charge is 0.502 e. The van der Waals surface area contributed by atoms with Crippen molar-refractivity contribution >= 4 is 34.7 Å². The van der Waals surface area contributed by atoms with Crippen LogP contribution >= 0.6 is 11.8 Å². The molecular weight excluding hydrogens is 312 g/mol. The molecule has 0 bridgehead atoms. The molecule has 0 aliphatic carbocycles. The Morgan fingerprint density at radius 2 is 2.18 bits per heavy atom. The second kappa shape index (κ2) is 6.58. The van der Waals surface area contributed by atoms with Crippen LogP contribution in [-0.2, 0) is 9.53 Å².